The molecule has 2 fully saturated rings. The first-order chi connectivity index (χ1) is 13.6. The van der Waals surface area contributed by atoms with E-state index in [0.29, 0.717) is 45.4 Å². The van der Waals surface area contributed by atoms with Gasteiger partial charge in [-0.3, -0.25) is 4.79 Å². The summed E-state index contributed by atoms with van der Waals surface area (Å²) >= 11 is 0. The summed E-state index contributed by atoms with van der Waals surface area (Å²) in [6.45, 7) is 1.55. The normalized spacial score (nSPS) is 24.3. The highest BCUT2D eigenvalue weighted by Gasteiger charge is 2.47. The lowest BCUT2D eigenvalue weighted by Crippen LogP contribution is -2.60. The number of hydrogen-bond donors (Lipinski definition) is 2. The molecule has 2 aromatic carbocycles. The average molecular weight is 381 g/mol. The Hall–Kier alpha value is -2.21. The second kappa shape index (κ2) is 8.03. The van der Waals surface area contributed by atoms with Crippen molar-refractivity contribution < 1.29 is 19.7 Å². The van der Waals surface area contributed by atoms with Crippen LogP contribution < -0.4 is 0 Å². The Morgan fingerprint density at radius 2 is 1.64 bits per heavy atom. The Labute approximate surface area is 165 Å². The van der Waals surface area contributed by atoms with Gasteiger partial charge in [0.2, 0.25) is 5.91 Å². The third kappa shape index (κ3) is 3.83. The molecule has 2 heterocycles. The second-order valence-electron chi connectivity index (χ2n) is 7.83. The molecule has 0 aliphatic carbocycles. The molecule has 2 aromatic rings. The minimum Gasteiger partial charge on any atom is -0.390 e. The number of carbonyl (C=O) groups excluding carboxylic acids is 1. The van der Waals surface area contributed by atoms with Crippen molar-refractivity contribution in [3.8, 4) is 11.1 Å². The van der Waals surface area contributed by atoms with Crippen LogP contribution in [-0.2, 0) is 16.0 Å². The van der Waals surface area contributed by atoms with Gasteiger partial charge in [-0.15, -0.1) is 0 Å². The molecule has 0 saturated carbocycles. The van der Waals surface area contributed by atoms with Gasteiger partial charge in [0.15, 0.2) is 0 Å². The van der Waals surface area contributed by atoms with Crippen LogP contribution in [-0.4, -0.2) is 58.5 Å². The van der Waals surface area contributed by atoms with Gasteiger partial charge in [-0.05, 0) is 36.0 Å². The van der Waals surface area contributed by atoms with Crippen LogP contribution in [0.15, 0.2) is 54.6 Å². The number of hydrogen-bond acceptors (Lipinski definition) is 4. The van der Waals surface area contributed by atoms with Gasteiger partial charge in [0, 0.05) is 13.1 Å². The van der Waals surface area contributed by atoms with Crippen molar-refractivity contribution in [1.82, 2.24) is 4.90 Å². The number of nitrogens with zero attached hydrogens (tertiary/aromatic N) is 1. The van der Waals surface area contributed by atoms with Gasteiger partial charge in [-0.2, -0.15) is 0 Å². The fraction of sp³-hybridized carbons (Fsp3) is 0.435. The summed E-state index contributed by atoms with van der Waals surface area (Å²) in [5.41, 5.74) is 2.59. The summed E-state index contributed by atoms with van der Waals surface area (Å²) in [5.74, 6) is 0.0909. The molecule has 5 nitrogen and oxygen atoms in total. The van der Waals surface area contributed by atoms with E-state index in [1.807, 2.05) is 35.2 Å². The predicted octanol–water partition coefficient (Wildman–Crippen LogP) is 2.40. The molecule has 4 rings (SSSR count). The maximum atomic E-state index is 12.7. The molecule has 28 heavy (non-hydrogen) atoms. The number of carbonyl (C=O) groups is 1. The molecule has 2 atom stereocenters. The Morgan fingerprint density at radius 3 is 2.32 bits per heavy atom. The van der Waals surface area contributed by atoms with Crippen LogP contribution >= 0.6 is 0 Å². The summed E-state index contributed by atoms with van der Waals surface area (Å²) < 4.78 is 5.84. The van der Waals surface area contributed by atoms with E-state index < -0.39 is 17.8 Å². The topological polar surface area (TPSA) is 70.0 Å². The van der Waals surface area contributed by atoms with E-state index in [1.54, 1.807) is 0 Å². The number of aliphatic hydroxyl groups excluding tert-OH is 2. The number of likely N-dealkylation sites (tertiary alicyclic amines) is 1. The zero-order valence-corrected chi connectivity index (χ0v) is 16.0. The van der Waals surface area contributed by atoms with Gasteiger partial charge in [-0.25, -0.2) is 0 Å². The van der Waals surface area contributed by atoms with E-state index in [9.17, 15) is 15.0 Å². The summed E-state index contributed by atoms with van der Waals surface area (Å²) in [5, 5.41) is 20.3. The standard InChI is InChI=1S/C23H27NO4/c25-20-10-15-28-23(22(20)27)11-13-24(14-12-23)21(26)16-17-6-8-19(9-7-17)18-4-2-1-3-5-18/h1-9,20,22,25,27H,10-16H2/t20-,22-/m0/s1. The van der Waals surface area contributed by atoms with E-state index in [1.165, 1.54) is 0 Å². The lowest BCUT2D eigenvalue weighted by atomic mass is 9.80. The molecule has 0 unspecified atom stereocenters. The van der Waals surface area contributed by atoms with Crippen LogP contribution in [0.1, 0.15) is 24.8 Å². The van der Waals surface area contributed by atoms with Crippen molar-refractivity contribution in [2.45, 2.75) is 43.5 Å². The van der Waals surface area contributed by atoms with Gasteiger partial charge in [0.05, 0.1) is 24.7 Å². The van der Waals surface area contributed by atoms with Crippen molar-refractivity contribution in [1.29, 1.82) is 0 Å². The van der Waals surface area contributed by atoms with Gasteiger partial charge >= 0.3 is 0 Å². The number of amides is 1. The number of aliphatic hydroxyl groups is 2. The van der Waals surface area contributed by atoms with Crippen molar-refractivity contribution >= 4 is 5.91 Å². The first kappa shape index (κ1) is 19.1. The van der Waals surface area contributed by atoms with Crippen LogP contribution in [0.2, 0.25) is 0 Å². The summed E-state index contributed by atoms with van der Waals surface area (Å²) in [6, 6.07) is 18.3. The molecule has 2 aliphatic rings. The Bertz CT molecular complexity index is 797. The largest absolute Gasteiger partial charge is 0.390 e. The smallest absolute Gasteiger partial charge is 0.226 e. The molecular weight excluding hydrogens is 354 g/mol. The van der Waals surface area contributed by atoms with Crippen LogP contribution in [0, 0.1) is 0 Å². The third-order valence-corrected chi connectivity index (χ3v) is 6.09. The van der Waals surface area contributed by atoms with Crippen LogP contribution in [0.5, 0.6) is 0 Å². The van der Waals surface area contributed by atoms with E-state index in [4.69, 9.17) is 4.74 Å². The quantitative estimate of drug-likeness (QED) is 0.857. The minimum atomic E-state index is -0.871. The molecule has 2 aliphatic heterocycles. The lowest BCUT2D eigenvalue weighted by Gasteiger charge is -2.48. The maximum Gasteiger partial charge on any atom is 0.226 e. The fourth-order valence-electron chi connectivity index (χ4n) is 4.28. The Morgan fingerprint density at radius 1 is 1.00 bits per heavy atom. The first-order valence-electron chi connectivity index (χ1n) is 10.00. The van der Waals surface area contributed by atoms with E-state index in [0.717, 1.165) is 16.7 Å². The minimum absolute atomic E-state index is 0.0909. The molecule has 0 bridgehead atoms. The van der Waals surface area contributed by atoms with Crippen LogP contribution in [0.4, 0.5) is 0 Å². The van der Waals surface area contributed by atoms with Crippen molar-refractivity contribution in [2.24, 2.45) is 0 Å². The highest BCUT2D eigenvalue weighted by Crippen LogP contribution is 2.35. The van der Waals surface area contributed by atoms with Gasteiger partial charge in [0.1, 0.15) is 6.10 Å². The van der Waals surface area contributed by atoms with Gasteiger partial charge in [0.25, 0.3) is 0 Å². The molecule has 0 aromatic heterocycles. The highest BCUT2D eigenvalue weighted by atomic mass is 16.5. The average Bonchev–Trinajstić information content (AvgIpc) is 2.74. The first-order valence-corrected chi connectivity index (χ1v) is 10.00. The van der Waals surface area contributed by atoms with Gasteiger partial charge < -0.3 is 19.8 Å². The Balaban J connectivity index is 1.35. The fourth-order valence-corrected chi connectivity index (χ4v) is 4.28. The maximum absolute atomic E-state index is 12.7. The van der Waals surface area contributed by atoms with Crippen LogP contribution in [0.3, 0.4) is 0 Å². The zero-order valence-electron chi connectivity index (χ0n) is 16.0. The van der Waals surface area contributed by atoms with Crippen LogP contribution in [0.25, 0.3) is 11.1 Å². The molecule has 0 radical (unpaired) electrons. The number of ether oxygens (including phenoxy) is 1. The third-order valence-electron chi connectivity index (χ3n) is 6.09. The molecule has 1 amide bonds. The molecule has 2 N–H and O–H groups in total. The summed E-state index contributed by atoms with van der Waals surface area (Å²) in [7, 11) is 0. The molecule has 5 heteroatoms. The van der Waals surface area contributed by atoms with Gasteiger partial charge in [-0.1, -0.05) is 54.6 Å². The predicted molar refractivity (Wildman–Crippen MR) is 107 cm³/mol. The van der Waals surface area contributed by atoms with E-state index in [-0.39, 0.29) is 5.91 Å². The second-order valence-corrected chi connectivity index (χ2v) is 7.83. The number of rotatable bonds is 3. The number of piperidine rings is 1. The Kier molecular flexibility index (Phi) is 5.49. The van der Waals surface area contributed by atoms with Crippen molar-refractivity contribution in [3.05, 3.63) is 60.2 Å². The van der Waals surface area contributed by atoms with E-state index >= 15 is 0 Å². The lowest BCUT2D eigenvalue weighted by molar-refractivity contribution is -0.214. The summed E-state index contributed by atoms with van der Waals surface area (Å²) in [6.07, 6.45) is 0.343. The number of benzene rings is 2. The molecule has 1 spiro atoms. The zero-order chi connectivity index (χ0) is 19.6. The summed E-state index contributed by atoms with van der Waals surface area (Å²) in [4.78, 5) is 14.6. The molecular formula is C23H27NO4. The van der Waals surface area contributed by atoms with Crippen molar-refractivity contribution in [2.75, 3.05) is 19.7 Å². The van der Waals surface area contributed by atoms with E-state index in [2.05, 4.69) is 24.3 Å². The highest BCUT2D eigenvalue weighted by molar-refractivity contribution is 5.79. The van der Waals surface area contributed by atoms with Crippen molar-refractivity contribution in [3.63, 3.8) is 0 Å². The molecule has 2 saturated heterocycles. The SMILES string of the molecule is O=C(Cc1ccc(-c2ccccc2)cc1)N1CCC2(CC1)OCC[C@H](O)[C@@H]2O. The monoisotopic (exact) mass is 381 g/mol. The molecule has 148 valence electrons.